The van der Waals surface area contributed by atoms with Gasteiger partial charge in [0, 0.05) is 12.6 Å². The van der Waals surface area contributed by atoms with Crippen molar-refractivity contribution in [3.8, 4) is 0 Å². The van der Waals surface area contributed by atoms with E-state index < -0.39 is 0 Å². The van der Waals surface area contributed by atoms with Crippen molar-refractivity contribution >= 4 is 16.8 Å². The summed E-state index contributed by atoms with van der Waals surface area (Å²) in [5, 5.41) is 4.42. The highest BCUT2D eigenvalue weighted by atomic mass is 16.1. The minimum absolute atomic E-state index is 0.0263. The summed E-state index contributed by atoms with van der Waals surface area (Å²) in [5.41, 5.74) is 1.77. The van der Waals surface area contributed by atoms with Crippen molar-refractivity contribution in [3.63, 3.8) is 0 Å². The van der Waals surface area contributed by atoms with Gasteiger partial charge in [-0.3, -0.25) is 18.8 Å². The fourth-order valence-electron chi connectivity index (χ4n) is 2.30. The van der Waals surface area contributed by atoms with E-state index in [2.05, 4.69) is 10.1 Å². The van der Waals surface area contributed by atoms with Crippen LogP contribution in [0.2, 0.25) is 0 Å². The molecule has 0 aliphatic rings. The van der Waals surface area contributed by atoms with Crippen LogP contribution in [0.15, 0.2) is 41.6 Å². The molecule has 2 aromatic heterocycles. The first kappa shape index (κ1) is 13.2. The summed E-state index contributed by atoms with van der Waals surface area (Å²) in [5.74, 6) is -0.111. The summed E-state index contributed by atoms with van der Waals surface area (Å²) in [7, 11) is 1.72. The smallest absolute Gasteiger partial charge is 0.264 e. The van der Waals surface area contributed by atoms with Crippen LogP contribution in [0.4, 0.5) is 0 Å². The molecule has 1 aromatic carbocycles. The van der Waals surface area contributed by atoms with Gasteiger partial charge in [-0.2, -0.15) is 5.10 Å². The zero-order valence-corrected chi connectivity index (χ0v) is 11.8. The number of nitrogens with zero attached hydrogens (tertiary/aromatic N) is 4. The third kappa shape index (κ3) is 2.24. The van der Waals surface area contributed by atoms with Crippen LogP contribution in [0.5, 0.6) is 0 Å². The summed E-state index contributed by atoms with van der Waals surface area (Å²) in [6, 6.07) is 7.32. The van der Waals surface area contributed by atoms with Gasteiger partial charge in [0.15, 0.2) is 11.4 Å². The number of rotatable bonds is 3. The van der Waals surface area contributed by atoms with Crippen LogP contribution in [-0.4, -0.2) is 25.1 Å². The molecule has 0 fully saturated rings. The van der Waals surface area contributed by atoms with Crippen molar-refractivity contribution < 1.29 is 4.79 Å². The second kappa shape index (κ2) is 4.97. The number of aryl methyl sites for hydroxylation is 2. The molecule has 0 radical (unpaired) electrons. The molecule has 0 atom stereocenters. The van der Waals surface area contributed by atoms with Crippen molar-refractivity contribution in [1.82, 2.24) is 19.3 Å². The average Bonchev–Trinajstić information content (AvgIpc) is 2.84. The number of aromatic nitrogens is 4. The first-order valence-corrected chi connectivity index (χ1v) is 6.54. The molecule has 106 valence electrons. The summed E-state index contributed by atoms with van der Waals surface area (Å²) >= 11 is 0. The number of hydrogen-bond donors (Lipinski definition) is 0. The number of Topliss-reactive ketones (excluding diaryl/α,β-unsaturated/α-hetero) is 1. The highest BCUT2D eigenvalue weighted by Gasteiger charge is 2.13. The lowest BCUT2D eigenvalue weighted by Crippen LogP contribution is -2.24. The predicted molar refractivity (Wildman–Crippen MR) is 78.3 cm³/mol. The fourth-order valence-corrected chi connectivity index (χ4v) is 2.30. The summed E-state index contributed by atoms with van der Waals surface area (Å²) in [6.45, 7) is 1.85. The van der Waals surface area contributed by atoms with Gasteiger partial charge in [-0.25, -0.2) is 4.98 Å². The first-order chi connectivity index (χ1) is 10.1. The Morgan fingerprint density at radius 3 is 2.81 bits per heavy atom. The van der Waals surface area contributed by atoms with E-state index in [1.807, 2.05) is 25.1 Å². The standard InChI is InChI=1S/C15H14N4O2/c1-10-5-3-4-6-11(10)13(20)8-19-9-16-14-12(15(19)21)7-17-18(14)2/h3-7,9H,8H2,1-2H3. The monoisotopic (exact) mass is 282 g/mol. The largest absolute Gasteiger partial charge is 0.292 e. The maximum atomic E-state index is 12.3. The van der Waals surface area contributed by atoms with E-state index in [0.29, 0.717) is 16.6 Å². The van der Waals surface area contributed by atoms with Gasteiger partial charge in [-0.1, -0.05) is 24.3 Å². The number of hydrogen-bond acceptors (Lipinski definition) is 4. The van der Waals surface area contributed by atoms with Gasteiger partial charge in [-0.15, -0.1) is 0 Å². The Balaban J connectivity index is 1.99. The van der Waals surface area contributed by atoms with Crippen LogP contribution in [0.1, 0.15) is 15.9 Å². The second-order valence-electron chi connectivity index (χ2n) is 4.92. The van der Waals surface area contributed by atoms with E-state index in [1.54, 1.807) is 13.1 Å². The average molecular weight is 282 g/mol. The third-order valence-electron chi connectivity index (χ3n) is 3.48. The summed E-state index contributed by atoms with van der Waals surface area (Å²) in [4.78, 5) is 28.8. The number of benzene rings is 1. The molecule has 0 bridgehead atoms. The van der Waals surface area contributed by atoms with E-state index in [0.717, 1.165) is 5.56 Å². The molecule has 3 aromatic rings. The van der Waals surface area contributed by atoms with Crippen LogP contribution >= 0.6 is 0 Å². The Morgan fingerprint density at radius 2 is 2.05 bits per heavy atom. The Kier molecular flexibility index (Phi) is 3.13. The normalized spacial score (nSPS) is 11.0. The van der Waals surface area contributed by atoms with Crippen LogP contribution < -0.4 is 5.56 Å². The predicted octanol–water partition coefficient (Wildman–Crippen LogP) is 1.32. The van der Waals surface area contributed by atoms with Gasteiger partial charge in [0.25, 0.3) is 5.56 Å². The molecule has 6 heteroatoms. The third-order valence-corrected chi connectivity index (χ3v) is 3.48. The minimum atomic E-state index is -0.255. The molecule has 0 saturated carbocycles. The lowest BCUT2D eigenvalue weighted by Gasteiger charge is -2.07. The van der Waals surface area contributed by atoms with Crippen molar-refractivity contribution in [2.75, 3.05) is 0 Å². The number of ketones is 1. The van der Waals surface area contributed by atoms with Gasteiger partial charge >= 0.3 is 0 Å². The molecule has 6 nitrogen and oxygen atoms in total. The summed E-state index contributed by atoms with van der Waals surface area (Å²) < 4.78 is 2.85. The topological polar surface area (TPSA) is 69.8 Å². The van der Waals surface area contributed by atoms with Crippen molar-refractivity contribution in [1.29, 1.82) is 0 Å². The van der Waals surface area contributed by atoms with Gasteiger partial charge < -0.3 is 0 Å². The van der Waals surface area contributed by atoms with E-state index in [4.69, 9.17) is 0 Å². The van der Waals surface area contributed by atoms with Crippen LogP contribution in [0.3, 0.4) is 0 Å². The van der Waals surface area contributed by atoms with Gasteiger partial charge in [0.2, 0.25) is 0 Å². The van der Waals surface area contributed by atoms with Crippen LogP contribution in [0.25, 0.3) is 11.0 Å². The molecule has 0 N–H and O–H groups in total. The van der Waals surface area contributed by atoms with Gasteiger partial charge in [0.1, 0.15) is 11.7 Å². The first-order valence-electron chi connectivity index (χ1n) is 6.54. The van der Waals surface area contributed by atoms with Crippen molar-refractivity contribution in [2.24, 2.45) is 7.05 Å². The molecule has 0 aliphatic carbocycles. The molecule has 3 rings (SSSR count). The Hall–Kier alpha value is -2.76. The van der Waals surface area contributed by atoms with Crippen molar-refractivity contribution in [2.45, 2.75) is 13.5 Å². The molecule has 21 heavy (non-hydrogen) atoms. The SMILES string of the molecule is Cc1ccccc1C(=O)Cn1cnc2c(cnn2C)c1=O. The highest BCUT2D eigenvalue weighted by Crippen LogP contribution is 2.09. The quantitative estimate of drug-likeness (QED) is 0.679. The zero-order chi connectivity index (χ0) is 15.0. The van der Waals surface area contributed by atoms with Crippen LogP contribution in [0, 0.1) is 6.92 Å². The van der Waals surface area contributed by atoms with Gasteiger partial charge in [-0.05, 0) is 12.5 Å². The Morgan fingerprint density at radius 1 is 1.29 bits per heavy atom. The minimum Gasteiger partial charge on any atom is -0.292 e. The Bertz CT molecular complexity index is 892. The number of carbonyl (C=O) groups is 1. The van der Waals surface area contributed by atoms with E-state index >= 15 is 0 Å². The lowest BCUT2D eigenvalue weighted by atomic mass is 10.1. The molecule has 0 unspecified atom stereocenters. The van der Waals surface area contributed by atoms with Crippen LogP contribution in [-0.2, 0) is 13.6 Å². The zero-order valence-electron chi connectivity index (χ0n) is 11.8. The molecular weight excluding hydrogens is 268 g/mol. The molecular formula is C15H14N4O2. The van der Waals surface area contributed by atoms with Gasteiger partial charge in [0.05, 0.1) is 12.7 Å². The maximum Gasteiger partial charge on any atom is 0.264 e. The van der Waals surface area contributed by atoms with Crippen molar-refractivity contribution in [3.05, 3.63) is 58.3 Å². The maximum absolute atomic E-state index is 12.3. The second-order valence-corrected chi connectivity index (χ2v) is 4.92. The number of carbonyl (C=O) groups excluding carboxylic acids is 1. The van der Waals surface area contributed by atoms with E-state index in [9.17, 15) is 9.59 Å². The van der Waals surface area contributed by atoms with E-state index in [-0.39, 0.29) is 17.9 Å². The molecule has 0 aliphatic heterocycles. The Labute approximate surface area is 120 Å². The summed E-state index contributed by atoms with van der Waals surface area (Å²) in [6.07, 6.45) is 2.86. The highest BCUT2D eigenvalue weighted by molar-refractivity contribution is 5.97. The molecule has 2 heterocycles. The fraction of sp³-hybridized carbons (Fsp3) is 0.200. The molecule has 0 saturated heterocycles. The number of fused-ring (bicyclic) bond motifs is 1. The lowest BCUT2D eigenvalue weighted by molar-refractivity contribution is 0.0970. The molecule has 0 spiro atoms. The molecule has 0 amide bonds. The van der Waals surface area contributed by atoms with E-state index in [1.165, 1.54) is 21.8 Å².